The molecule has 0 aromatic heterocycles. The molecule has 1 atom stereocenters. The molecule has 2 aromatic carbocycles. The van der Waals surface area contributed by atoms with Crippen LogP contribution >= 0.6 is 15.9 Å². The van der Waals surface area contributed by atoms with E-state index in [2.05, 4.69) is 33.4 Å². The number of nitrogens with zero attached hydrogens (tertiary/aromatic N) is 1. The van der Waals surface area contributed by atoms with Crippen LogP contribution in [0.3, 0.4) is 0 Å². The summed E-state index contributed by atoms with van der Waals surface area (Å²) in [6.07, 6.45) is 0. The van der Waals surface area contributed by atoms with Gasteiger partial charge in [-0.2, -0.15) is 0 Å². The molecule has 0 aliphatic heterocycles. The zero-order valence-electron chi connectivity index (χ0n) is 12.2. The first-order valence-corrected chi connectivity index (χ1v) is 7.66. The summed E-state index contributed by atoms with van der Waals surface area (Å²) in [6.45, 7) is 2.65. The van der Waals surface area contributed by atoms with E-state index in [4.69, 9.17) is 0 Å². The second kappa shape index (κ2) is 7.38. The molecule has 0 heterocycles. The van der Waals surface area contributed by atoms with Crippen molar-refractivity contribution in [2.75, 3.05) is 12.4 Å². The van der Waals surface area contributed by atoms with E-state index in [9.17, 15) is 4.79 Å². The van der Waals surface area contributed by atoms with Gasteiger partial charge in [0.25, 0.3) is 0 Å². The lowest BCUT2D eigenvalue weighted by molar-refractivity contribution is -0.120. The molecule has 21 heavy (non-hydrogen) atoms. The molecular formula is C17H19BrN2O. The lowest BCUT2D eigenvalue weighted by Crippen LogP contribution is -2.39. The Labute approximate surface area is 134 Å². The first-order valence-electron chi connectivity index (χ1n) is 6.87. The van der Waals surface area contributed by atoms with Crippen molar-refractivity contribution < 1.29 is 4.79 Å². The van der Waals surface area contributed by atoms with Gasteiger partial charge < -0.3 is 5.32 Å². The van der Waals surface area contributed by atoms with Crippen LogP contribution in [-0.2, 0) is 11.3 Å². The molecule has 0 fully saturated rings. The molecule has 2 aromatic rings. The molecule has 0 spiro atoms. The second-order valence-electron chi connectivity index (χ2n) is 5.07. The van der Waals surface area contributed by atoms with Crippen LogP contribution in [0.1, 0.15) is 12.5 Å². The molecule has 0 aliphatic rings. The molecular weight excluding hydrogens is 328 g/mol. The van der Waals surface area contributed by atoms with Crippen molar-refractivity contribution in [3.8, 4) is 0 Å². The molecule has 110 valence electrons. The molecule has 0 saturated heterocycles. The summed E-state index contributed by atoms with van der Waals surface area (Å²) in [5.74, 6) is 0.000752. The van der Waals surface area contributed by atoms with Crippen molar-refractivity contribution in [1.29, 1.82) is 0 Å². The summed E-state index contributed by atoms with van der Waals surface area (Å²) in [6, 6.07) is 17.5. The van der Waals surface area contributed by atoms with Crippen LogP contribution in [0.2, 0.25) is 0 Å². The highest BCUT2D eigenvalue weighted by molar-refractivity contribution is 9.10. The van der Waals surface area contributed by atoms with E-state index < -0.39 is 0 Å². The topological polar surface area (TPSA) is 32.3 Å². The molecule has 1 amide bonds. The van der Waals surface area contributed by atoms with Gasteiger partial charge in [0.1, 0.15) is 0 Å². The van der Waals surface area contributed by atoms with E-state index in [1.54, 1.807) is 0 Å². The molecule has 2 rings (SSSR count). The van der Waals surface area contributed by atoms with E-state index in [0.717, 1.165) is 16.7 Å². The first-order chi connectivity index (χ1) is 10.1. The Morgan fingerprint density at radius 2 is 1.76 bits per heavy atom. The van der Waals surface area contributed by atoms with Gasteiger partial charge in [0, 0.05) is 16.7 Å². The maximum Gasteiger partial charge on any atom is 0.241 e. The van der Waals surface area contributed by atoms with Gasteiger partial charge in [-0.1, -0.05) is 46.3 Å². The number of para-hydroxylation sites is 1. The van der Waals surface area contributed by atoms with Gasteiger partial charge in [0.05, 0.1) is 6.04 Å². The minimum Gasteiger partial charge on any atom is -0.325 e. The van der Waals surface area contributed by atoms with Gasteiger partial charge in [-0.3, -0.25) is 9.69 Å². The van der Waals surface area contributed by atoms with Crippen molar-refractivity contribution in [3.63, 3.8) is 0 Å². The van der Waals surface area contributed by atoms with Crippen LogP contribution < -0.4 is 5.32 Å². The number of nitrogens with one attached hydrogen (secondary N) is 1. The van der Waals surface area contributed by atoms with E-state index >= 15 is 0 Å². The Balaban J connectivity index is 1.93. The number of hydrogen-bond acceptors (Lipinski definition) is 2. The Hall–Kier alpha value is -1.65. The number of halogens is 1. The highest BCUT2D eigenvalue weighted by atomic mass is 79.9. The molecule has 0 saturated carbocycles. The predicted molar refractivity (Wildman–Crippen MR) is 90.1 cm³/mol. The number of carbonyl (C=O) groups excluding carboxylic acids is 1. The first kappa shape index (κ1) is 15.7. The van der Waals surface area contributed by atoms with Crippen LogP contribution in [0.4, 0.5) is 5.69 Å². The van der Waals surface area contributed by atoms with Crippen LogP contribution in [0.5, 0.6) is 0 Å². The third-order valence-electron chi connectivity index (χ3n) is 3.43. The number of rotatable bonds is 5. The number of hydrogen-bond donors (Lipinski definition) is 1. The summed E-state index contributed by atoms with van der Waals surface area (Å²) < 4.78 is 1.06. The van der Waals surface area contributed by atoms with Crippen LogP contribution in [0.25, 0.3) is 0 Å². The number of likely N-dealkylation sites (N-methyl/N-ethyl adjacent to an activating group) is 1. The van der Waals surface area contributed by atoms with Gasteiger partial charge in [0.2, 0.25) is 5.91 Å². The average molecular weight is 347 g/mol. The van der Waals surface area contributed by atoms with Crippen molar-refractivity contribution in [2.24, 2.45) is 0 Å². The zero-order valence-corrected chi connectivity index (χ0v) is 13.8. The Morgan fingerprint density at radius 3 is 2.38 bits per heavy atom. The molecule has 1 N–H and O–H groups in total. The third kappa shape index (κ3) is 4.69. The van der Waals surface area contributed by atoms with E-state index in [-0.39, 0.29) is 11.9 Å². The maximum atomic E-state index is 12.2. The molecule has 0 unspecified atom stereocenters. The van der Waals surface area contributed by atoms with Gasteiger partial charge in [-0.05, 0) is 43.8 Å². The molecule has 0 bridgehead atoms. The SMILES string of the molecule is C[C@H](C(=O)Nc1ccccc1)N(C)Cc1ccc(Br)cc1. The summed E-state index contributed by atoms with van der Waals surface area (Å²) in [5.41, 5.74) is 2.01. The molecule has 0 aliphatic carbocycles. The standard InChI is InChI=1S/C17H19BrN2O/c1-13(17(21)19-16-6-4-3-5-7-16)20(2)12-14-8-10-15(18)11-9-14/h3-11,13H,12H2,1-2H3,(H,19,21)/t13-/m1/s1. The summed E-state index contributed by atoms with van der Waals surface area (Å²) in [4.78, 5) is 14.3. The second-order valence-corrected chi connectivity index (χ2v) is 5.99. The fraction of sp³-hybridized carbons (Fsp3) is 0.235. The molecule has 4 heteroatoms. The summed E-state index contributed by atoms with van der Waals surface area (Å²) >= 11 is 3.42. The molecule has 3 nitrogen and oxygen atoms in total. The highest BCUT2D eigenvalue weighted by Gasteiger charge is 2.18. The van der Waals surface area contributed by atoms with E-state index in [1.165, 1.54) is 5.56 Å². The summed E-state index contributed by atoms with van der Waals surface area (Å²) in [7, 11) is 1.96. The monoisotopic (exact) mass is 346 g/mol. The number of anilines is 1. The van der Waals surface area contributed by atoms with Crippen molar-refractivity contribution in [1.82, 2.24) is 4.90 Å². The van der Waals surface area contributed by atoms with Crippen LogP contribution in [0.15, 0.2) is 59.1 Å². The quantitative estimate of drug-likeness (QED) is 0.890. The van der Waals surface area contributed by atoms with Gasteiger partial charge >= 0.3 is 0 Å². The Morgan fingerprint density at radius 1 is 1.14 bits per heavy atom. The fourth-order valence-corrected chi connectivity index (χ4v) is 2.25. The van der Waals surface area contributed by atoms with Crippen molar-refractivity contribution >= 4 is 27.5 Å². The third-order valence-corrected chi connectivity index (χ3v) is 3.96. The molecule has 0 radical (unpaired) electrons. The number of carbonyl (C=O) groups is 1. The smallest absolute Gasteiger partial charge is 0.241 e. The largest absolute Gasteiger partial charge is 0.325 e. The Kier molecular flexibility index (Phi) is 5.53. The lowest BCUT2D eigenvalue weighted by Gasteiger charge is -2.24. The number of amides is 1. The Bertz CT molecular complexity index is 583. The summed E-state index contributed by atoms with van der Waals surface area (Å²) in [5, 5.41) is 2.93. The van der Waals surface area contributed by atoms with Crippen molar-refractivity contribution in [3.05, 3.63) is 64.6 Å². The lowest BCUT2D eigenvalue weighted by atomic mass is 10.2. The van der Waals surface area contributed by atoms with Gasteiger partial charge in [-0.15, -0.1) is 0 Å². The van der Waals surface area contributed by atoms with Gasteiger partial charge in [0.15, 0.2) is 0 Å². The minimum atomic E-state index is -0.200. The van der Waals surface area contributed by atoms with E-state index in [1.807, 2.05) is 61.3 Å². The van der Waals surface area contributed by atoms with Crippen LogP contribution in [-0.4, -0.2) is 23.9 Å². The number of benzene rings is 2. The maximum absolute atomic E-state index is 12.2. The normalized spacial score (nSPS) is 12.2. The van der Waals surface area contributed by atoms with Crippen molar-refractivity contribution in [2.45, 2.75) is 19.5 Å². The van der Waals surface area contributed by atoms with Gasteiger partial charge in [-0.25, -0.2) is 0 Å². The predicted octanol–water partition coefficient (Wildman–Crippen LogP) is 3.91. The van der Waals surface area contributed by atoms with Crippen LogP contribution in [0, 0.1) is 0 Å². The highest BCUT2D eigenvalue weighted by Crippen LogP contribution is 2.13. The zero-order chi connectivity index (χ0) is 15.2. The fourth-order valence-electron chi connectivity index (χ4n) is 1.98. The minimum absolute atomic E-state index is 0.000752. The van der Waals surface area contributed by atoms with E-state index in [0.29, 0.717) is 0 Å². The average Bonchev–Trinajstić information content (AvgIpc) is 2.49.